The van der Waals surface area contributed by atoms with Crippen LogP contribution in [0.1, 0.15) is 13.8 Å². The third kappa shape index (κ3) is 3.88. The van der Waals surface area contributed by atoms with E-state index in [1.54, 1.807) is 0 Å². The minimum atomic E-state index is 0.569. The van der Waals surface area contributed by atoms with Gasteiger partial charge in [0, 0.05) is 51.2 Å². The molecule has 2 rings (SSSR count). The lowest BCUT2D eigenvalue weighted by molar-refractivity contribution is 0.211. The monoisotopic (exact) mass is 263 g/mol. The second kappa shape index (κ2) is 6.82. The summed E-state index contributed by atoms with van der Waals surface area (Å²) in [4.78, 5) is 13.4. The highest BCUT2D eigenvalue weighted by Gasteiger charge is 2.21. The molecule has 2 heterocycles. The molecule has 106 valence electrons. The SMILES string of the molecule is CNC(CN1CCN(c2ncccn2)CC1)C(C)C. The summed E-state index contributed by atoms with van der Waals surface area (Å²) in [6, 6.07) is 2.43. The maximum atomic E-state index is 4.32. The highest BCUT2D eigenvalue weighted by Crippen LogP contribution is 2.11. The fraction of sp³-hybridized carbons (Fsp3) is 0.714. The third-order valence-corrected chi connectivity index (χ3v) is 3.84. The van der Waals surface area contributed by atoms with Gasteiger partial charge in [0.15, 0.2) is 0 Å². The van der Waals surface area contributed by atoms with Gasteiger partial charge in [-0.1, -0.05) is 13.8 Å². The number of rotatable bonds is 5. The van der Waals surface area contributed by atoms with Crippen LogP contribution in [0.3, 0.4) is 0 Å². The van der Waals surface area contributed by atoms with Crippen molar-refractivity contribution in [2.24, 2.45) is 5.92 Å². The molecule has 5 heteroatoms. The van der Waals surface area contributed by atoms with Gasteiger partial charge in [0.2, 0.25) is 5.95 Å². The summed E-state index contributed by atoms with van der Waals surface area (Å²) in [5.41, 5.74) is 0. The van der Waals surface area contributed by atoms with E-state index in [9.17, 15) is 0 Å². The number of nitrogens with one attached hydrogen (secondary N) is 1. The summed E-state index contributed by atoms with van der Waals surface area (Å²) in [5, 5.41) is 3.41. The van der Waals surface area contributed by atoms with Gasteiger partial charge in [-0.05, 0) is 19.0 Å². The molecule has 1 aromatic rings. The summed E-state index contributed by atoms with van der Waals surface area (Å²) in [5.74, 6) is 1.52. The molecular weight excluding hydrogens is 238 g/mol. The molecule has 0 aromatic carbocycles. The molecule has 1 saturated heterocycles. The fourth-order valence-corrected chi connectivity index (χ4v) is 2.50. The Morgan fingerprint density at radius 3 is 2.32 bits per heavy atom. The van der Waals surface area contributed by atoms with E-state index in [1.807, 2.05) is 18.5 Å². The van der Waals surface area contributed by atoms with Crippen LogP contribution in [0.4, 0.5) is 5.95 Å². The van der Waals surface area contributed by atoms with Crippen LogP contribution in [0.25, 0.3) is 0 Å². The molecule has 0 saturated carbocycles. The van der Waals surface area contributed by atoms with E-state index in [2.05, 4.69) is 46.0 Å². The van der Waals surface area contributed by atoms with Gasteiger partial charge in [0.1, 0.15) is 0 Å². The Hall–Kier alpha value is -1.20. The second-order valence-electron chi connectivity index (χ2n) is 5.48. The number of hydrogen-bond donors (Lipinski definition) is 1. The summed E-state index contributed by atoms with van der Waals surface area (Å²) in [7, 11) is 2.05. The van der Waals surface area contributed by atoms with Crippen LogP contribution in [0, 0.1) is 5.92 Å². The molecule has 5 nitrogen and oxygen atoms in total. The molecule has 19 heavy (non-hydrogen) atoms. The first-order valence-corrected chi connectivity index (χ1v) is 7.12. The minimum absolute atomic E-state index is 0.569. The van der Waals surface area contributed by atoms with Crippen molar-refractivity contribution in [1.29, 1.82) is 0 Å². The van der Waals surface area contributed by atoms with E-state index in [-0.39, 0.29) is 0 Å². The summed E-state index contributed by atoms with van der Waals surface area (Å²) < 4.78 is 0. The van der Waals surface area contributed by atoms with Crippen molar-refractivity contribution in [3.05, 3.63) is 18.5 Å². The van der Waals surface area contributed by atoms with Crippen LogP contribution < -0.4 is 10.2 Å². The Labute approximate surface area is 116 Å². The average Bonchev–Trinajstić information content (AvgIpc) is 2.46. The van der Waals surface area contributed by atoms with Gasteiger partial charge in [-0.25, -0.2) is 9.97 Å². The normalized spacial score (nSPS) is 18.8. The number of aromatic nitrogens is 2. The van der Waals surface area contributed by atoms with E-state index < -0.39 is 0 Å². The van der Waals surface area contributed by atoms with Gasteiger partial charge in [0.25, 0.3) is 0 Å². The number of nitrogens with zero attached hydrogens (tertiary/aromatic N) is 4. The number of anilines is 1. The molecular formula is C14H25N5. The van der Waals surface area contributed by atoms with Gasteiger partial charge in [-0.2, -0.15) is 0 Å². The van der Waals surface area contributed by atoms with Crippen LogP contribution in [0.2, 0.25) is 0 Å². The molecule has 1 aromatic heterocycles. The lowest BCUT2D eigenvalue weighted by Gasteiger charge is -2.37. The first-order valence-electron chi connectivity index (χ1n) is 7.12. The predicted molar refractivity (Wildman–Crippen MR) is 78.4 cm³/mol. The van der Waals surface area contributed by atoms with Crippen LogP contribution in [0.15, 0.2) is 18.5 Å². The lowest BCUT2D eigenvalue weighted by Crippen LogP contribution is -2.51. The maximum Gasteiger partial charge on any atom is 0.225 e. The summed E-state index contributed by atoms with van der Waals surface area (Å²) in [6.45, 7) is 9.87. The predicted octanol–water partition coefficient (Wildman–Crippen LogP) is 0.843. The van der Waals surface area contributed by atoms with Crippen LogP contribution >= 0.6 is 0 Å². The second-order valence-corrected chi connectivity index (χ2v) is 5.48. The van der Waals surface area contributed by atoms with Crippen molar-refractivity contribution in [2.45, 2.75) is 19.9 Å². The molecule has 1 N–H and O–H groups in total. The van der Waals surface area contributed by atoms with E-state index in [0.29, 0.717) is 12.0 Å². The lowest BCUT2D eigenvalue weighted by atomic mass is 10.0. The topological polar surface area (TPSA) is 44.3 Å². The first kappa shape index (κ1) is 14.2. The smallest absolute Gasteiger partial charge is 0.225 e. The van der Waals surface area contributed by atoms with E-state index in [1.165, 1.54) is 0 Å². The van der Waals surface area contributed by atoms with Gasteiger partial charge < -0.3 is 10.2 Å². The first-order chi connectivity index (χ1) is 9.20. The third-order valence-electron chi connectivity index (χ3n) is 3.84. The molecule has 1 aliphatic rings. The number of hydrogen-bond acceptors (Lipinski definition) is 5. The Kier molecular flexibility index (Phi) is 5.10. The largest absolute Gasteiger partial charge is 0.338 e. The highest BCUT2D eigenvalue weighted by atomic mass is 15.3. The van der Waals surface area contributed by atoms with Gasteiger partial charge in [0.05, 0.1) is 0 Å². The van der Waals surface area contributed by atoms with E-state index in [0.717, 1.165) is 38.7 Å². The highest BCUT2D eigenvalue weighted by molar-refractivity contribution is 5.29. The average molecular weight is 263 g/mol. The standard InChI is InChI=1S/C14H25N5/c1-12(2)13(15-3)11-18-7-9-19(10-8-18)14-16-5-4-6-17-14/h4-6,12-13,15H,7-11H2,1-3H3. The van der Waals surface area contributed by atoms with Gasteiger partial charge in [-0.15, -0.1) is 0 Å². The Balaban J connectivity index is 1.82. The van der Waals surface area contributed by atoms with Crippen molar-refractivity contribution >= 4 is 5.95 Å². The molecule has 1 aliphatic heterocycles. The summed E-state index contributed by atoms with van der Waals surface area (Å²) >= 11 is 0. The molecule has 0 radical (unpaired) electrons. The van der Waals surface area contributed by atoms with Crippen LogP contribution in [-0.4, -0.2) is 60.7 Å². The van der Waals surface area contributed by atoms with Crippen LogP contribution in [0.5, 0.6) is 0 Å². The number of likely N-dealkylation sites (N-methyl/N-ethyl adjacent to an activating group) is 1. The van der Waals surface area contributed by atoms with Crippen LogP contribution in [-0.2, 0) is 0 Å². The Morgan fingerprint density at radius 2 is 1.79 bits per heavy atom. The zero-order valence-corrected chi connectivity index (χ0v) is 12.2. The summed E-state index contributed by atoms with van der Waals surface area (Å²) in [6.07, 6.45) is 3.62. The molecule has 0 aliphatic carbocycles. The van der Waals surface area contributed by atoms with Crippen molar-refractivity contribution in [3.63, 3.8) is 0 Å². The van der Waals surface area contributed by atoms with Crippen molar-refractivity contribution < 1.29 is 0 Å². The van der Waals surface area contributed by atoms with Crippen molar-refractivity contribution in [3.8, 4) is 0 Å². The Bertz CT molecular complexity index is 359. The van der Waals surface area contributed by atoms with E-state index >= 15 is 0 Å². The zero-order chi connectivity index (χ0) is 13.7. The van der Waals surface area contributed by atoms with Crippen molar-refractivity contribution in [1.82, 2.24) is 20.2 Å². The molecule has 1 fully saturated rings. The van der Waals surface area contributed by atoms with Gasteiger partial charge >= 0.3 is 0 Å². The molecule has 0 spiro atoms. The zero-order valence-electron chi connectivity index (χ0n) is 12.2. The molecule has 1 atom stereocenters. The number of piperazine rings is 1. The molecule has 0 bridgehead atoms. The fourth-order valence-electron chi connectivity index (χ4n) is 2.50. The molecule has 1 unspecified atom stereocenters. The molecule has 0 amide bonds. The minimum Gasteiger partial charge on any atom is -0.338 e. The van der Waals surface area contributed by atoms with Crippen molar-refractivity contribution in [2.75, 3.05) is 44.7 Å². The van der Waals surface area contributed by atoms with Gasteiger partial charge in [-0.3, -0.25) is 4.90 Å². The maximum absolute atomic E-state index is 4.32. The Morgan fingerprint density at radius 1 is 1.16 bits per heavy atom. The van der Waals surface area contributed by atoms with E-state index in [4.69, 9.17) is 0 Å². The quantitative estimate of drug-likeness (QED) is 0.853.